The van der Waals surface area contributed by atoms with Gasteiger partial charge in [0.1, 0.15) is 0 Å². The summed E-state index contributed by atoms with van der Waals surface area (Å²) in [7, 11) is 0. The van der Waals surface area contributed by atoms with Crippen molar-refractivity contribution in [3.05, 3.63) is 134 Å². The van der Waals surface area contributed by atoms with E-state index in [1.807, 2.05) is 19.1 Å². The summed E-state index contributed by atoms with van der Waals surface area (Å²) < 4.78 is 5.81. The maximum absolute atomic E-state index is 12.8. The molecular formula is C38H45N5O6. The van der Waals surface area contributed by atoms with Crippen molar-refractivity contribution >= 4 is 18.1 Å². The van der Waals surface area contributed by atoms with Crippen LogP contribution in [-0.2, 0) is 19.7 Å². The number of likely N-dealkylation sites (tertiary alicyclic amines) is 1. The second-order valence-corrected chi connectivity index (χ2v) is 12.5. The van der Waals surface area contributed by atoms with Crippen LogP contribution in [0.5, 0.6) is 0 Å². The van der Waals surface area contributed by atoms with Crippen LogP contribution < -0.4 is 11.1 Å². The number of nitrogens with two attached hydrogens (primary N) is 1. The molecule has 1 atom stereocenters. The van der Waals surface area contributed by atoms with Crippen molar-refractivity contribution in [2.45, 2.75) is 43.9 Å². The molecule has 0 saturated carbocycles. The highest BCUT2D eigenvalue weighted by molar-refractivity contribution is 5.91. The van der Waals surface area contributed by atoms with Crippen LogP contribution in [0.2, 0.25) is 0 Å². The van der Waals surface area contributed by atoms with E-state index in [1.54, 1.807) is 17.0 Å². The number of hydrogen-bond acceptors (Lipinski definition) is 8. The van der Waals surface area contributed by atoms with E-state index >= 15 is 0 Å². The van der Waals surface area contributed by atoms with Gasteiger partial charge in [0, 0.05) is 36.3 Å². The number of carboxylic acid groups (broad SMARTS) is 1. The minimum Gasteiger partial charge on any atom is -0.478 e. The van der Waals surface area contributed by atoms with E-state index in [0.717, 1.165) is 38.9 Å². The molecule has 1 saturated heterocycles. The van der Waals surface area contributed by atoms with Gasteiger partial charge < -0.3 is 30.7 Å². The third kappa shape index (κ3) is 7.91. The summed E-state index contributed by atoms with van der Waals surface area (Å²) in [6, 6.07) is 27.2. The van der Waals surface area contributed by atoms with Crippen LogP contribution in [0, 0.1) is 10.1 Å². The number of amides is 1. The predicted molar refractivity (Wildman–Crippen MR) is 188 cm³/mol. The topological polar surface area (TPSA) is 151 Å². The lowest BCUT2D eigenvalue weighted by atomic mass is 9.68. The summed E-state index contributed by atoms with van der Waals surface area (Å²) in [6.07, 6.45) is 3.71. The number of nitrogens with one attached hydrogen (secondary N) is 1. The quantitative estimate of drug-likeness (QED) is 0.0816. The molecular weight excluding hydrogens is 622 g/mol. The van der Waals surface area contributed by atoms with Gasteiger partial charge in [-0.05, 0) is 62.0 Å². The lowest BCUT2D eigenvalue weighted by Gasteiger charge is -2.43. The summed E-state index contributed by atoms with van der Waals surface area (Å²) in [5.74, 6) is -1.99. The van der Waals surface area contributed by atoms with Gasteiger partial charge in [-0.3, -0.25) is 14.9 Å². The number of nitro benzene ring substituents is 1. The zero-order valence-electron chi connectivity index (χ0n) is 27.9. The van der Waals surface area contributed by atoms with Gasteiger partial charge in [-0.25, -0.2) is 4.79 Å². The minimum absolute atomic E-state index is 0.0700. The van der Waals surface area contributed by atoms with Gasteiger partial charge in [0.05, 0.1) is 41.0 Å². The normalized spacial score (nSPS) is 17.8. The van der Waals surface area contributed by atoms with Gasteiger partial charge in [0.25, 0.3) is 5.69 Å². The first-order chi connectivity index (χ1) is 23.8. The van der Waals surface area contributed by atoms with Crippen molar-refractivity contribution in [2.75, 3.05) is 45.9 Å². The number of allylic oxidation sites excluding steroid dienone is 2. The molecule has 258 valence electrons. The number of aliphatic carboxylic acids is 1. The molecule has 1 amide bonds. The molecule has 3 aromatic rings. The summed E-state index contributed by atoms with van der Waals surface area (Å²) in [4.78, 5) is 40.5. The first-order valence-corrected chi connectivity index (χ1v) is 16.9. The van der Waals surface area contributed by atoms with Crippen molar-refractivity contribution in [1.82, 2.24) is 15.1 Å². The molecule has 11 heteroatoms. The average molecular weight is 668 g/mol. The Morgan fingerprint density at radius 2 is 1.65 bits per heavy atom. The number of piperidine rings is 1. The molecule has 0 bridgehead atoms. The third-order valence-corrected chi connectivity index (χ3v) is 9.70. The van der Waals surface area contributed by atoms with E-state index in [2.05, 4.69) is 58.7 Å². The molecule has 2 heterocycles. The van der Waals surface area contributed by atoms with E-state index in [1.165, 1.54) is 23.3 Å². The lowest BCUT2D eigenvalue weighted by molar-refractivity contribution is -0.384. The Balaban J connectivity index is 1.38. The number of benzene rings is 3. The molecule has 49 heavy (non-hydrogen) atoms. The van der Waals surface area contributed by atoms with E-state index in [9.17, 15) is 24.8 Å². The van der Waals surface area contributed by atoms with Crippen LogP contribution in [0.25, 0.3) is 0 Å². The third-order valence-electron chi connectivity index (χ3n) is 9.70. The van der Waals surface area contributed by atoms with E-state index in [-0.39, 0.29) is 29.9 Å². The first-order valence-electron chi connectivity index (χ1n) is 16.9. The number of carboxylic acids is 1. The van der Waals surface area contributed by atoms with E-state index < -0.39 is 16.8 Å². The highest BCUT2D eigenvalue weighted by atomic mass is 16.6. The maximum Gasteiger partial charge on any atom is 0.334 e. The molecule has 5 rings (SSSR count). The first kappa shape index (κ1) is 35.5. The fourth-order valence-electron chi connectivity index (χ4n) is 7.26. The lowest BCUT2D eigenvalue weighted by Crippen LogP contribution is -2.44. The van der Waals surface area contributed by atoms with Crippen LogP contribution in [0.3, 0.4) is 0 Å². The summed E-state index contributed by atoms with van der Waals surface area (Å²) in [6.45, 7) is 5.40. The number of non-ortho nitro benzene ring substituents is 1. The Hall–Kier alpha value is -4.84. The van der Waals surface area contributed by atoms with Gasteiger partial charge in [0.15, 0.2) is 0 Å². The molecule has 4 N–H and O–H groups in total. The Bertz CT molecular complexity index is 1610. The van der Waals surface area contributed by atoms with Gasteiger partial charge >= 0.3 is 5.97 Å². The van der Waals surface area contributed by atoms with Gasteiger partial charge in [-0.15, -0.1) is 0 Å². The predicted octanol–water partition coefficient (Wildman–Crippen LogP) is 5.15. The van der Waals surface area contributed by atoms with Crippen LogP contribution in [0.15, 0.2) is 108 Å². The second kappa shape index (κ2) is 16.5. The number of rotatable bonds is 16. The number of nitrogens with zero attached hydrogens (tertiary/aromatic N) is 3. The molecule has 0 aliphatic carbocycles. The van der Waals surface area contributed by atoms with Crippen molar-refractivity contribution in [3.8, 4) is 0 Å². The van der Waals surface area contributed by atoms with Crippen molar-refractivity contribution in [1.29, 1.82) is 0 Å². The fourth-order valence-corrected chi connectivity index (χ4v) is 7.26. The zero-order valence-corrected chi connectivity index (χ0v) is 27.9. The number of dihydropyridines is 1. The molecule has 0 radical (unpaired) electrons. The molecule has 0 aromatic heterocycles. The molecule has 1 unspecified atom stereocenters. The monoisotopic (exact) mass is 667 g/mol. The molecule has 1 fully saturated rings. The maximum atomic E-state index is 12.8. The average Bonchev–Trinajstić information content (AvgIpc) is 3.14. The van der Waals surface area contributed by atoms with Crippen molar-refractivity contribution in [3.63, 3.8) is 0 Å². The minimum atomic E-state index is -1.13. The molecule has 0 spiro atoms. The van der Waals surface area contributed by atoms with E-state index in [0.29, 0.717) is 48.6 Å². The SMILES string of the molecule is CCC1=C(C(=O)O)C(c2ccc([N+](=O)[O-])cc2)C(N(C=O)CCCN2CCC(c3ccccc3)(c3ccccc3)CC2)=C(COCCN)N1. The number of nitro groups is 1. The van der Waals surface area contributed by atoms with Crippen LogP contribution in [-0.4, -0.2) is 78.1 Å². The molecule has 2 aliphatic rings. The standard InChI is InChI=1S/C38H45N5O6/c1-2-32-35(37(45)46)34(28-14-16-31(17-15-28)43(47)48)36(33(40-32)26-49-25-20-39)42(27-44)22-9-21-41-23-18-38(19-24-41,29-10-5-3-6-11-29)30-12-7-4-8-13-30/h3-8,10-17,27,34,40H,2,9,18-26,39H2,1H3,(H,45,46). The second-order valence-electron chi connectivity index (χ2n) is 12.5. The highest BCUT2D eigenvalue weighted by Gasteiger charge is 2.39. The van der Waals surface area contributed by atoms with Crippen LogP contribution in [0.4, 0.5) is 5.69 Å². The van der Waals surface area contributed by atoms with E-state index in [4.69, 9.17) is 10.5 Å². The summed E-state index contributed by atoms with van der Waals surface area (Å²) in [5.41, 5.74) is 10.3. The zero-order chi connectivity index (χ0) is 34.8. The molecule has 2 aliphatic heterocycles. The summed E-state index contributed by atoms with van der Waals surface area (Å²) >= 11 is 0. The van der Waals surface area contributed by atoms with Crippen LogP contribution in [0.1, 0.15) is 55.2 Å². The molecule has 11 nitrogen and oxygen atoms in total. The fraction of sp³-hybridized carbons (Fsp3) is 0.368. The van der Waals surface area contributed by atoms with Gasteiger partial charge in [-0.1, -0.05) is 79.7 Å². The molecule has 3 aromatic carbocycles. The number of carbonyl (C=O) groups excluding carboxylic acids is 1. The Labute approximate surface area is 287 Å². The van der Waals surface area contributed by atoms with Crippen LogP contribution >= 0.6 is 0 Å². The number of carbonyl (C=O) groups is 2. The Kier molecular flexibility index (Phi) is 12.0. The smallest absolute Gasteiger partial charge is 0.334 e. The van der Waals surface area contributed by atoms with Gasteiger partial charge in [0.2, 0.25) is 6.41 Å². The Morgan fingerprint density at radius 3 is 2.16 bits per heavy atom. The van der Waals surface area contributed by atoms with Crippen molar-refractivity contribution in [2.24, 2.45) is 5.73 Å². The Morgan fingerprint density at radius 1 is 1.04 bits per heavy atom. The van der Waals surface area contributed by atoms with Gasteiger partial charge in [-0.2, -0.15) is 0 Å². The number of ether oxygens (including phenoxy) is 1. The number of hydrogen-bond donors (Lipinski definition) is 3. The summed E-state index contributed by atoms with van der Waals surface area (Å²) in [5, 5.41) is 25.1. The van der Waals surface area contributed by atoms with Crippen molar-refractivity contribution < 1.29 is 24.4 Å². The highest BCUT2D eigenvalue weighted by Crippen LogP contribution is 2.43. The largest absolute Gasteiger partial charge is 0.478 e.